The van der Waals surface area contributed by atoms with E-state index in [4.69, 9.17) is 5.11 Å². The summed E-state index contributed by atoms with van der Waals surface area (Å²) in [5, 5.41) is 12.2. The molecule has 1 aliphatic rings. The second kappa shape index (κ2) is 5.43. The fourth-order valence-corrected chi connectivity index (χ4v) is 3.56. The van der Waals surface area contributed by atoms with Gasteiger partial charge in [-0.2, -0.15) is 0 Å². The lowest BCUT2D eigenvalue weighted by molar-refractivity contribution is -0.131. The van der Waals surface area contributed by atoms with Crippen LogP contribution in [-0.2, 0) is 4.79 Å². The van der Waals surface area contributed by atoms with E-state index < -0.39 is 5.97 Å². The Kier molecular flexibility index (Phi) is 4.60. The van der Waals surface area contributed by atoms with E-state index in [2.05, 4.69) is 33.0 Å². The standard InChI is InChI=1S/C15H27NO2/c1-11(6-13(17)18)9-16-12-7-14(2,3)10-15(4,5)8-12/h6,12,16H,7-10H2,1-5H3,(H,17,18). The molecule has 1 rings (SSSR count). The Labute approximate surface area is 111 Å². The van der Waals surface area contributed by atoms with Crippen molar-refractivity contribution in [2.75, 3.05) is 6.54 Å². The lowest BCUT2D eigenvalue weighted by Crippen LogP contribution is -2.44. The van der Waals surface area contributed by atoms with Crippen molar-refractivity contribution in [3.8, 4) is 0 Å². The Bertz CT molecular complexity index is 326. The molecule has 0 unspecified atom stereocenters. The largest absolute Gasteiger partial charge is 0.478 e. The van der Waals surface area contributed by atoms with Crippen LogP contribution in [0.4, 0.5) is 0 Å². The van der Waals surface area contributed by atoms with E-state index in [-0.39, 0.29) is 0 Å². The predicted octanol–water partition coefficient (Wildman–Crippen LogP) is 3.21. The summed E-state index contributed by atoms with van der Waals surface area (Å²) in [6.07, 6.45) is 4.86. The van der Waals surface area contributed by atoms with Gasteiger partial charge in [0.2, 0.25) is 0 Å². The van der Waals surface area contributed by atoms with Crippen LogP contribution in [0, 0.1) is 10.8 Å². The van der Waals surface area contributed by atoms with Crippen molar-refractivity contribution in [1.29, 1.82) is 0 Å². The number of aliphatic carboxylic acids is 1. The van der Waals surface area contributed by atoms with Gasteiger partial charge in [-0.3, -0.25) is 0 Å². The summed E-state index contributed by atoms with van der Waals surface area (Å²) in [4.78, 5) is 10.6. The van der Waals surface area contributed by atoms with E-state index in [1.165, 1.54) is 12.5 Å². The summed E-state index contributed by atoms with van der Waals surface area (Å²) < 4.78 is 0. The van der Waals surface area contributed by atoms with E-state index in [1.807, 2.05) is 6.92 Å². The summed E-state index contributed by atoms with van der Waals surface area (Å²) >= 11 is 0. The molecule has 1 fully saturated rings. The predicted molar refractivity (Wildman–Crippen MR) is 74.6 cm³/mol. The molecule has 0 aromatic carbocycles. The first-order valence-corrected chi connectivity index (χ1v) is 6.73. The highest BCUT2D eigenvalue weighted by atomic mass is 16.4. The van der Waals surface area contributed by atoms with Crippen LogP contribution in [0.5, 0.6) is 0 Å². The summed E-state index contributed by atoms with van der Waals surface area (Å²) in [5.41, 5.74) is 1.61. The Morgan fingerprint density at radius 3 is 2.22 bits per heavy atom. The van der Waals surface area contributed by atoms with Crippen molar-refractivity contribution in [3.63, 3.8) is 0 Å². The molecule has 0 aromatic rings. The maximum Gasteiger partial charge on any atom is 0.328 e. The van der Waals surface area contributed by atoms with Gasteiger partial charge in [0, 0.05) is 18.7 Å². The van der Waals surface area contributed by atoms with Crippen molar-refractivity contribution in [2.24, 2.45) is 10.8 Å². The summed E-state index contributed by atoms with van der Waals surface area (Å²) in [6, 6.07) is 0.487. The zero-order chi connectivity index (χ0) is 14.0. The van der Waals surface area contributed by atoms with Gasteiger partial charge >= 0.3 is 5.97 Å². The number of carboxylic acids is 1. The molecule has 1 saturated carbocycles. The van der Waals surface area contributed by atoms with E-state index in [9.17, 15) is 4.79 Å². The molecule has 0 radical (unpaired) electrons. The first-order valence-electron chi connectivity index (χ1n) is 6.73. The number of carbonyl (C=O) groups is 1. The molecule has 1 aliphatic carbocycles. The van der Waals surface area contributed by atoms with Crippen LogP contribution in [0.2, 0.25) is 0 Å². The minimum atomic E-state index is -0.862. The SMILES string of the molecule is CC(=CC(=O)O)CNC1CC(C)(C)CC(C)(C)C1. The lowest BCUT2D eigenvalue weighted by Gasteiger charge is -2.45. The van der Waals surface area contributed by atoms with Gasteiger partial charge in [0.15, 0.2) is 0 Å². The molecule has 2 N–H and O–H groups in total. The molecule has 0 bridgehead atoms. The van der Waals surface area contributed by atoms with Crippen LogP contribution in [0.3, 0.4) is 0 Å². The first-order chi connectivity index (χ1) is 8.10. The molecule has 0 aliphatic heterocycles. The smallest absolute Gasteiger partial charge is 0.328 e. The molecule has 0 amide bonds. The Morgan fingerprint density at radius 2 is 1.78 bits per heavy atom. The van der Waals surface area contributed by atoms with Crippen LogP contribution in [0.15, 0.2) is 11.6 Å². The van der Waals surface area contributed by atoms with Crippen molar-refractivity contribution < 1.29 is 9.90 Å². The maximum atomic E-state index is 10.6. The highest BCUT2D eigenvalue weighted by molar-refractivity contribution is 5.80. The number of carboxylic acid groups (broad SMARTS) is 1. The van der Waals surface area contributed by atoms with Gasteiger partial charge in [0.05, 0.1) is 0 Å². The third kappa shape index (κ3) is 5.21. The molecule has 0 spiro atoms. The van der Waals surface area contributed by atoms with E-state index in [1.54, 1.807) is 0 Å². The first kappa shape index (κ1) is 15.2. The molecule has 0 saturated heterocycles. The number of nitrogens with one attached hydrogen (secondary N) is 1. The van der Waals surface area contributed by atoms with Crippen molar-refractivity contribution in [3.05, 3.63) is 11.6 Å². The third-order valence-electron chi connectivity index (χ3n) is 3.59. The fourth-order valence-electron chi connectivity index (χ4n) is 3.56. The molecular weight excluding hydrogens is 226 g/mol. The zero-order valence-corrected chi connectivity index (χ0v) is 12.3. The van der Waals surface area contributed by atoms with Crippen molar-refractivity contribution in [1.82, 2.24) is 5.32 Å². The van der Waals surface area contributed by atoms with Gasteiger partial charge in [0.25, 0.3) is 0 Å². The fraction of sp³-hybridized carbons (Fsp3) is 0.800. The van der Waals surface area contributed by atoms with Gasteiger partial charge in [-0.15, -0.1) is 0 Å². The van der Waals surface area contributed by atoms with Gasteiger partial charge in [-0.25, -0.2) is 4.79 Å². The van der Waals surface area contributed by atoms with Crippen LogP contribution < -0.4 is 5.32 Å². The molecule has 0 heterocycles. The van der Waals surface area contributed by atoms with Crippen LogP contribution in [0.1, 0.15) is 53.9 Å². The van der Waals surface area contributed by atoms with Crippen LogP contribution >= 0.6 is 0 Å². The molecule has 3 nitrogen and oxygen atoms in total. The third-order valence-corrected chi connectivity index (χ3v) is 3.59. The average molecular weight is 253 g/mol. The van der Waals surface area contributed by atoms with E-state index in [0.29, 0.717) is 23.4 Å². The van der Waals surface area contributed by atoms with Crippen molar-refractivity contribution >= 4 is 5.97 Å². The normalized spacial score (nSPS) is 23.9. The van der Waals surface area contributed by atoms with Gasteiger partial charge in [-0.05, 0) is 37.0 Å². The monoisotopic (exact) mass is 253 g/mol. The minimum absolute atomic E-state index is 0.365. The molecule has 3 heteroatoms. The molecule has 0 aromatic heterocycles. The van der Waals surface area contributed by atoms with Gasteiger partial charge in [-0.1, -0.05) is 33.3 Å². The molecular formula is C15H27NO2. The van der Waals surface area contributed by atoms with E-state index >= 15 is 0 Å². The summed E-state index contributed by atoms with van der Waals surface area (Å²) in [7, 11) is 0. The Balaban J connectivity index is 2.55. The lowest BCUT2D eigenvalue weighted by atomic mass is 9.63. The molecule has 104 valence electrons. The van der Waals surface area contributed by atoms with Crippen molar-refractivity contribution in [2.45, 2.75) is 59.9 Å². The highest BCUT2D eigenvalue weighted by Crippen LogP contribution is 2.45. The highest BCUT2D eigenvalue weighted by Gasteiger charge is 2.37. The van der Waals surface area contributed by atoms with Crippen LogP contribution in [-0.4, -0.2) is 23.7 Å². The Morgan fingerprint density at radius 1 is 1.28 bits per heavy atom. The Hall–Kier alpha value is -0.830. The number of hydrogen-bond donors (Lipinski definition) is 2. The maximum absolute atomic E-state index is 10.6. The molecule has 18 heavy (non-hydrogen) atoms. The van der Waals surface area contributed by atoms with Crippen LogP contribution in [0.25, 0.3) is 0 Å². The summed E-state index contributed by atoms with van der Waals surface area (Å²) in [6.45, 7) is 11.8. The number of rotatable bonds is 4. The second-order valence-corrected chi connectivity index (χ2v) is 7.32. The zero-order valence-electron chi connectivity index (χ0n) is 12.3. The molecule has 0 atom stereocenters. The summed E-state index contributed by atoms with van der Waals surface area (Å²) in [5.74, 6) is -0.862. The second-order valence-electron chi connectivity index (χ2n) is 7.32. The topological polar surface area (TPSA) is 49.3 Å². The average Bonchev–Trinajstić information content (AvgIpc) is 2.08. The minimum Gasteiger partial charge on any atom is -0.478 e. The number of hydrogen-bond acceptors (Lipinski definition) is 2. The van der Waals surface area contributed by atoms with Gasteiger partial charge in [0.1, 0.15) is 0 Å². The van der Waals surface area contributed by atoms with Gasteiger partial charge < -0.3 is 10.4 Å². The quantitative estimate of drug-likeness (QED) is 0.756. The van der Waals surface area contributed by atoms with E-state index in [0.717, 1.165) is 18.4 Å².